The molecule has 2 aromatic rings. The van der Waals surface area contributed by atoms with Crippen molar-refractivity contribution in [2.45, 2.75) is 0 Å². The molecule has 1 aromatic carbocycles. The van der Waals surface area contributed by atoms with Crippen LogP contribution < -0.4 is 0 Å². The molecule has 2 saturated carbocycles. The van der Waals surface area contributed by atoms with Crippen molar-refractivity contribution in [2.24, 2.45) is 0 Å². The molecule has 1 heterocycles. The first kappa shape index (κ1) is 20.8. The van der Waals surface area contributed by atoms with Crippen LogP contribution in [0.25, 0.3) is 5.69 Å². The van der Waals surface area contributed by atoms with Gasteiger partial charge in [-0.1, -0.05) is 0 Å². The Kier molecular flexibility index (Phi) is 8.36. The summed E-state index contributed by atoms with van der Waals surface area (Å²) < 4.78 is 29.5. The van der Waals surface area contributed by atoms with Gasteiger partial charge in [-0.05, 0) is 92.5 Å². The van der Waals surface area contributed by atoms with Gasteiger partial charge in [0.05, 0.1) is 15.5 Å². The van der Waals surface area contributed by atoms with E-state index < -0.39 is 11.6 Å². The van der Waals surface area contributed by atoms with Gasteiger partial charge in [-0.2, -0.15) is 5.10 Å². The maximum atomic E-state index is 13.9. The summed E-state index contributed by atoms with van der Waals surface area (Å²) in [6, 6.07) is 3.34. The molecule has 1 aromatic heterocycles. The van der Waals surface area contributed by atoms with E-state index in [9.17, 15) is 8.78 Å². The van der Waals surface area contributed by atoms with Crippen molar-refractivity contribution in [3.8, 4) is 5.69 Å². The van der Waals surface area contributed by atoms with Crippen LogP contribution in [0.1, 0.15) is 5.69 Å². The maximum absolute atomic E-state index is 13.9. The Morgan fingerprint density at radius 3 is 2.08 bits per heavy atom. The molecule has 0 bridgehead atoms. The van der Waals surface area contributed by atoms with Crippen molar-refractivity contribution in [3.63, 3.8) is 0 Å². The van der Waals surface area contributed by atoms with Crippen molar-refractivity contribution in [3.05, 3.63) is 109 Å². The molecule has 2 aliphatic carbocycles. The Morgan fingerprint density at radius 1 is 0.880 bits per heavy atom. The molecule has 25 heavy (non-hydrogen) atoms. The smallest absolute Gasteiger partial charge is 0.233 e. The van der Waals surface area contributed by atoms with Gasteiger partial charge in [-0.15, -0.1) is 0 Å². The second kappa shape index (κ2) is 10.0. The molecule has 10 radical (unpaired) electrons. The largest absolute Gasteiger partial charge is 2.00 e. The number of halogens is 3. The number of nitrogens with zero attached hydrogens (tertiary/aromatic N) is 2. The van der Waals surface area contributed by atoms with Crippen molar-refractivity contribution in [1.82, 2.24) is 9.78 Å². The summed E-state index contributed by atoms with van der Waals surface area (Å²) in [5.41, 5.74) is 0.870. The molecular weight excluding hydrogens is 477 g/mol. The van der Waals surface area contributed by atoms with Gasteiger partial charge < -0.3 is 0 Å². The van der Waals surface area contributed by atoms with Gasteiger partial charge in [0.2, 0.25) is 0 Å². The Labute approximate surface area is 172 Å². The zero-order valence-corrected chi connectivity index (χ0v) is 16.1. The molecular formula is C19H13F2FeIN2+2. The molecule has 0 amide bonds. The van der Waals surface area contributed by atoms with Crippen LogP contribution in [0.4, 0.5) is 8.78 Å². The molecule has 0 unspecified atom stereocenters. The van der Waals surface area contributed by atoms with E-state index in [4.69, 9.17) is 0 Å². The van der Waals surface area contributed by atoms with Crippen LogP contribution in [0.3, 0.4) is 0 Å². The molecule has 2 nitrogen and oxygen atoms in total. The van der Waals surface area contributed by atoms with Crippen molar-refractivity contribution in [1.29, 1.82) is 0 Å². The molecule has 6 heteroatoms. The van der Waals surface area contributed by atoms with Crippen LogP contribution in [0, 0.1) is 78.9 Å². The van der Waals surface area contributed by atoms with Crippen LogP contribution >= 0.6 is 22.6 Å². The quantitative estimate of drug-likeness (QED) is 0.448. The van der Waals surface area contributed by atoms with Gasteiger partial charge in [0.15, 0.2) is 0 Å². The van der Waals surface area contributed by atoms with E-state index in [0.29, 0.717) is 0 Å². The zero-order chi connectivity index (χ0) is 16.9. The molecule has 0 spiro atoms. The van der Waals surface area contributed by atoms with E-state index in [0.717, 1.165) is 33.4 Å². The van der Waals surface area contributed by atoms with Crippen molar-refractivity contribution in [2.75, 3.05) is 0 Å². The number of aromatic nitrogens is 2. The van der Waals surface area contributed by atoms with Crippen molar-refractivity contribution >= 4 is 22.6 Å². The normalized spacial score (nSPS) is 17.1. The fourth-order valence-electron chi connectivity index (χ4n) is 2.27. The first-order chi connectivity index (χ1) is 11.7. The Bertz CT molecular complexity index is 672. The van der Waals surface area contributed by atoms with E-state index in [1.54, 1.807) is 6.20 Å². The van der Waals surface area contributed by atoms with E-state index in [2.05, 4.69) is 27.7 Å². The van der Waals surface area contributed by atoms with E-state index >= 15 is 0 Å². The van der Waals surface area contributed by atoms with Gasteiger partial charge in [0, 0.05) is 12.0 Å². The number of hydrogen-bond acceptors (Lipinski definition) is 1. The SMILES string of the molecule is Fc1ccc(F)c(-n2ncc(I)c2[C]2[CH][CH][CH][CH]2)c1.[CH]1[CH][CH][CH][CH]1.[Fe+2]. The molecule has 0 atom stereocenters. The summed E-state index contributed by atoms with van der Waals surface area (Å²) >= 11 is 2.13. The van der Waals surface area contributed by atoms with Crippen LogP contribution in [0.15, 0.2) is 24.4 Å². The predicted octanol–water partition coefficient (Wildman–Crippen LogP) is 4.53. The molecule has 2 aliphatic rings. The predicted molar refractivity (Wildman–Crippen MR) is 97.2 cm³/mol. The van der Waals surface area contributed by atoms with E-state index in [1.165, 1.54) is 4.68 Å². The molecule has 0 saturated heterocycles. The van der Waals surface area contributed by atoms with Gasteiger partial charge in [0.25, 0.3) is 0 Å². The summed E-state index contributed by atoms with van der Waals surface area (Å²) in [7, 11) is 0. The minimum Gasteiger partial charge on any atom is -0.233 e. The molecule has 2 fully saturated rings. The van der Waals surface area contributed by atoms with Crippen LogP contribution in [0.5, 0.6) is 0 Å². The average molecular weight is 490 g/mol. The average Bonchev–Trinajstić information content (AvgIpc) is 3.32. The minimum atomic E-state index is -0.506. The van der Waals surface area contributed by atoms with Crippen molar-refractivity contribution < 1.29 is 25.8 Å². The second-order valence-electron chi connectivity index (χ2n) is 4.98. The van der Waals surface area contributed by atoms with Crippen LogP contribution in [-0.4, -0.2) is 9.78 Å². The summed E-state index contributed by atoms with van der Waals surface area (Å²) in [6.45, 7) is 0. The minimum absolute atomic E-state index is 0. The third-order valence-corrected chi connectivity index (χ3v) is 4.14. The first-order valence-corrected chi connectivity index (χ1v) is 8.32. The summed E-state index contributed by atoms with van der Waals surface area (Å²) in [5.74, 6) is -0.0744. The Hall–Kier alpha value is -0.461. The fourth-order valence-corrected chi connectivity index (χ4v) is 2.94. The monoisotopic (exact) mass is 490 g/mol. The van der Waals surface area contributed by atoms with E-state index in [-0.39, 0.29) is 22.8 Å². The van der Waals surface area contributed by atoms with E-state index in [1.807, 2.05) is 57.8 Å². The molecule has 0 N–H and O–H groups in total. The van der Waals surface area contributed by atoms with Gasteiger partial charge in [-0.3, -0.25) is 0 Å². The van der Waals surface area contributed by atoms with Crippen LogP contribution in [-0.2, 0) is 17.1 Å². The summed E-state index contributed by atoms with van der Waals surface area (Å²) in [5, 5.41) is 4.15. The second-order valence-corrected chi connectivity index (χ2v) is 6.15. The summed E-state index contributed by atoms with van der Waals surface area (Å²) in [6.07, 6.45) is 19.2. The summed E-state index contributed by atoms with van der Waals surface area (Å²) in [4.78, 5) is 0. The number of benzene rings is 1. The Morgan fingerprint density at radius 2 is 1.48 bits per heavy atom. The third kappa shape index (κ3) is 5.27. The first-order valence-electron chi connectivity index (χ1n) is 7.24. The third-order valence-electron chi connectivity index (χ3n) is 3.35. The maximum Gasteiger partial charge on any atom is 2.00 e. The van der Waals surface area contributed by atoms with Gasteiger partial charge >= 0.3 is 17.1 Å². The standard InChI is InChI=1S/C14H8F2IN2.C5H5.Fe/c15-10-5-6-11(16)13(7-10)19-14(12(17)8-18-19)9-3-1-2-4-9;1-2-4-5-3-1;/h1-8H;1-5H;/q;;+2. The van der Waals surface area contributed by atoms with Gasteiger partial charge in [0.1, 0.15) is 17.3 Å². The zero-order valence-electron chi connectivity index (χ0n) is 12.9. The molecule has 0 aliphatic heterocycles. The van der Waals surface area contributed by atoms with Gasteiger partial charge in [-0.25, -0.2) is 13.5 Å². The number of rotatable bonds is 2. The molecule has 4 rings (SSSR count). The topological polar surface area (TPSA) is 17.8 Å². The van der Waals surface area contributed by atoms with Crippen LogP contribution in [0.2, 0.25) is 0 Å². The number of hydrogen-bond donors (Lipinski definition) is 0. The molecule has 126 valence electrons. The Balaban J connectivity index is 0.000000325. The fraction of sp³-hybridized carbons (Fsp3) is 0.